The van der Waals surface area contributed by atoms with E-state index in [0.29, 0.717) is 4.88 Å². The molecule has 0 atom stereocenters. The molecule has 2 N–H and O–H groups in total. The lowest BCUT2D eigenvalue weighted by Crippen LogP contribution is -2.43. The number of nitrogens with one attached hydrogen (secondary N) is 2. The van der Waals surface area contributed by atoms with Gasteiger partial charge in [0.2, 0.25) is 0 Å². The predicted molar refractivity (Wildman–Crippen MR) is 78.3 cm³/mol. The van der Waals surface area contributed by atoms with Crippen molar-refractivity contribution < 1.29 is 9.59 Å². The highest BCUT2D eigenvalue weighted by atomic mass is 79.9. The van der Waals surface area contributed by atoms with Crippen LogP contribution in [0.5, 0.6) is 0 Å². The van der Waals surface area contributed by atoms with Gasteiger partial charge in [-0.1, -0.05) is 6.07 Å². The summed E-state index contributed by atoms with van der Waals surface area (Å²) < 4.78 is 2.06. The van der Waals surface area contributed by atoms with Crippen LogP contribution in [0.25, 0.3) is 0 Å². The molecular weight excluding hydrogens is 346 g/mol. The topological polar surface area (TPSA) is 80.2 Å². The summed E-state index contributed by atoms with van der Waals surface area (Å²) in [5, 5.41) is 0. The Labute approximate surface area is 126 Å². The van der Waals surface area contributed by atoms with Gasteiger partial charge in [-0.15, -0.1) is 11.3 Å². The third-order valence-corrected chi connectivity index (χ3v) is 3.95. The van der Waals surface area contributed by atoms with Crippen LogP contribution in [0.4, 0.5) is 0 Å². The minimum absolute atomic E-state index is 0.159. The Morgan fingerprint density at radius 2 is 2.00 bits per heavy atom. The van der Waals surface area contributed by atoms with E-state index >= 15 is 0 Å². The molecule has 2 aromatic heterocycles. The highest BCUT2D eigenvalue weighted by molar-refractivity contribution is 9.11. The van der Waals surface area contributed by atoms with E-state index in [1.807, 2.05) is 0 Å². The van der Waals surface area contributed by atoms with Crippen molar-refractivity contribution >= 4 is 39.1 Å². The van der Waals surface area contributed by atoms with Crippen LogP contribution in [-0.2, 0) is 11.3 Å². The van der Waals surface area contributed by atoms with Crippen molar-refractivity contribution in [1.29, 1.82) is 0 Å². The van der Waals surface area contributed by atoms with E-state index in [1.165, 1.54) is 28.2 Å². The van der Waals surface area contributed by atoms with Crippen LogP contribution in [0.1, 0.15) is 9.67 Å². The molecule has 20 heavy (non-hydrogen) atoms. The largest absolute Gasteiger partial charge is 0.306 e. The monoisotopic (exact) mass is 355 g/mol. The molecule has 0 spiro atoms. The number of rotatable bonds is 3. The summed E-state index contributed by atoms with van der Waals surface area (Å²) in [6, 6.07) is 7.97. The Bertz CT molecular complexity index is 695. The van der Waals surface area contributed by atoms with E-state index in [4.69, 9.17) is 0 Å². The molecule has 0 unspecified atom stereocenters. The summed E-state index contributed by atoms with van der Waals surface area (Å²) in [5.74, 6) is -0.892. The molecule has 2 amide bonds. The smallest absolute Gasteiger partial charge is 0.279 e. The third-order valence-electron chi connectivity index (χ3n) is 2.33. The second-order valence-electron chi connectivity index (χ2n) is 3.77. The third kappa shape index (κ3) is 3.78. The summed E-state index contributed by atoms with van der Waals surface area (Å²) in [7, 11) is 0. The number of hydrogen-bond donors (Lipinski definition) is 2. The van der Waals surface area contributed by atoms with Crippen molar-refractivity contribution in [3.63, 3.8) is 0 Å². The molecule has 0 aromatic carbocycles. The van der Waals surface area contributed by atoms with Gasteiger partial charge in [0.05, 0.1) is 8.66 Å². The lowest BCUT2D eigenvalue weighted by Gasteiger charge is -2.07. The molecule has 0 fully saturated rings. The van der Waals surface area contributed by atoms with Crippen LogP contribution in [0, 0.1) is 0 Å². The zero-order valence-corrected chi connectivity index (χ0v) is 12.5. The minimum Gasteiger partial charge on any atom is -0.306 e. The Morgan fingerprint density at radius 1 is 1.20 bits per heavy atom. The molecule has 0 radical (unpaired) electrons. The average molecular weight is 356 g/mol. The second kappa shape index (κ2) is 6.49. The number of halogens is 1. The van der Waals surface area contributed by atoms with E-state index in [-0.39, 0.29) is 12.1 Å². The van der Waals surface area contributed by atoms with Crippen molar-refractivity contribution in [1.82, 2.24) is 15.4 Å². The van der Waals surface area contributed by atoms with Crippen molar-refractivity contribution in [3.8, 4) is 0 Å². The molecule has 0 aliphatic heterocycles. The second-order valence-corrected chi connectivity index (χ2v) is 6.24. The number of amides is 2. The molecule has 0 bridgehead atoms. The highest BCUT2D eigenvalue weighted by Crippen LogP contribution is 2.21. The quantitative estimate of drug-likeness (QED) is 0.810. The Balaban J connectivity index is 1.88. The standard InChI is InChI=1S/C12H10BrN3O3S/c13-9-5-4-8(20-9)12(19)15-14-10(17)7-16-6-2-1-3-11(16)18/h1-6H,7H2,(H,14,17)(H,15,19). The summed E-state index contributed by atoms with van der Waals surface area (Å²) in [4.78, 5) is 35.2. The van der Waals surface area contributed by atoms with E-state index in [0.717, 1.165) is 3.79 Å². The van der Waals surface area contributed by atoms with Gasteiger partial charge in [-0.25, -0.2) is 0 Å². The lowest BCUT2D eigenvalue weighted by atomic mass is 10.4. The number of pyridine rings is 1. The first kappa shape index (κ1) is 14.5. The lowest BCUT2D eigenvalue weighted by molar-refractivity contribution is -0.122. The molecule has 0 saturated heterocycles. The summed E-state index contributed by atoms with van der Waals surface area (Å²) >= 11 is 4.50. The van der Waals surface area contributed by atoms with Crippen LogP contribution in [0.3, 0.4) is 0 Å². The number of thiophene rings is 1. The van der Waals surface area contributed by atoms with Crippen molar-refractivity contribution in [2.24, 2.45) is 0 Å². The zero-order valence-electron chi connectivity index (χ0n) is 10.1. The molecule has 2 heterocycles. The van der Waals surface area contributed by atoms with Gasteiger partial charge in [-0.05, 0) is 34.1 Å². The van der Waals surface area contributed by atoms with Gasteiger partial charge in [0.15, 0.2) is 0 Å². The summed E-state index contributed by atoms with van der Waals surface area (Å²) in [6.07, 6.45) is 1.50. The Kier molecular flexibility index (Phi) is 4.70. The summed E-state index contributed by atoms with van der Waals surface area (Å²) in [5.41, 5.74) is 4.27. The fraction of sp³-hybridized carbons (Fsp3) is 0.0833. The van der Waals surface area contributed by atoms with Gasteiger partial charge in [0.25, 0.3) is 17.4 Å². The fourth-order valence-corrected chi connectivity index (χ4v) is 2.69. The van der Waals surface area contributed by atoms with Crippen LogP contribution in [0.15, 0.2) is 45.1 Å². The molecule has 2 rings (SSSR count). The van der Waals surface area contributed by atoms with Crippen LogP contribution < -0.4 is 16.4 Å². The molecule has 2 aromatic rings. The van der Waals surface area contributed by atoms with Crippen molar-refractivity contribution in [3.05, 3.63) is 55.5 Å². The van der Waals surface area contributed by atoms with Crippen LogP contribution in [0.2, 0.25) is 0 Å². The van der Waals surface area contributed by atoms with E-state index in [2.05, 4.69) is 26.8 Å². The maximum atomic E-state index is 11.7. The summed E-state index contributed by atoms with van der Waals surface area (Å²) in [6.45, 7) is -0.159. The fourth-order valence-electron chi connectivity index (χ4n) is 1.41. The normalized spacial score (nSPS) is 10.1. The number of hydrazine groups is 1. The minimum atomic E-state index is -0.484. The SMILES string of the molecule is O=C(Cn1ccccc1=O)NNC(=O)c1ccc(Br)s1. The molecule has 0 aliphatic carbocycles. The molecule has 8 heteroatoms. The van der Waals surface area contributed by atoms with Crippen molar-refractivity contribution in [2.45, 2.75) is 6.54 Å². The van der Waals surface area contributed by atoms with E-state index in [1.54, 1.807) is 24.3 Å². The van der Waals surface area contributed by atoms with Gasteiger partial charge in [-0.3, -0.25) is 25.2 Å². The maximum Gasteiger partial charge on any atom is 0.279 e. The van der Waals surface area contributed by atoms with Gasteiger partial charge in [-0.2, -0.15) is 0 Å². The van der Waals surface area contributed by atoms with Gasteiger partial charge >= 0.3 is 0 Å². The number of aromatic nitrogens is 1. The van der Waals surface area contributed by atoms with Gasteiger partial charge in [0.1, 0.15) is 6.54 Å². The molecule has 6 nitrogen and oxygen atoms in total. The first-order valence-corrected chi connectivity index (χ1v) is 7.17. The van der Waals surface area contributed by atoms with Gasteiger partial charge < -0.3 is 4.57 Å². The number of hydrogen-bond acceptors (Lipinski definition) is 4. The first-order valence-electron chi connectivity index (χ1n) is 5.56. The Morgan fingerprint density at radius 3 is 2.65 bits per heavy atom. The number of nitrogens with zero attached hydrogens (tertiary/aromatic N) is 1. The average Bonchev–Trinajstić information content (AvgIpc) is 2.85. The molecule has 0 saturated carbocycles. The molecule has 104 valence electrons. The van der Waals surface area contributed by atoms with Crippen LogP contribution >= 0.6 is 27.3 Å². The zero-order chi connectivity index (χ0) is 14.5. The maximum absolute atomic E-state index is 11.7. The van der Waals surface area contributed by atoms with Crippen molar-refractivity contribution in [2.75, 3.05) is 0 Å². The molecule has 0 aliphatic rings. The van der Waals surface area contributed by atoms with E-state index in [9.17, 15) is 14.4 Å². The number of carbonyl (C=O) groups is 2. The first-order chi connectivity index (χ1) is 9.56. The predicted octanol–water partition coefficient (Wildman–Crippen LogP) is 1.13. The Hall–Kier alpha value is -1.93. The number of carbonyl (C=O) groups excluding carboxylic acids is 2. The van der Waals surface area contributed by atoms with Gasteiger partial charge in [0, 0.05) is 12.3 Å². The molecular formula is C12H10BrN3O3S. The van der Waals surface area contributed by atoms with Crippen LogP contribution in [-0.4, -0.2) is 16.4 Å². The highest BCUT2D eigenvalue weighted by Gasteiger charge is 2.10. The van der Waals surface area contributed by atoms with E-state index < -0.39 is 11.8 Å².